The number of carboxylic acid groups (broad SMARTS) is 1. The van der Waals surface area contributed by atoms with Crippen molar-refractivity contribution >= 4 is 5.97 Å². The Morgan fingerprint density at radius 2 is 2.10 bits per heavy atom. The molecule has 0 fully saturated rings. The van der Waals surface area contributed by atoms with Crippen LogP contribution in [0.2, 0.25) is 0 Å². The van der Waals surface area contributed by atoms with Gasteiger partial charge in [0.15, 0.2) is 0 Å². The van der Waals surface area contributed by atoms with Crippen LogP contribution >= 0.6 is 0 Å². The van der Waals surface area contributed by atoms with Crippen LogP contribution in [0.3, 0.4) is 0 Å². The van der Waals surface area contributed by atoms with Gasteiger partial charge in [-0.05, 0) is 20.0 Å². The van der Waals surface area contributed by atoms with Gasteiger partial charge in [-0.3, -0.25) is 4.79 Å². The molecule has 3 nitrogen and oxygen atoms in total. The van der Waals surface area contributed by atoms with E-state index in [-0.39, 0.29) is 6.42 Å². The lowest BCUT2D eigenvalue weighted by atomic mass is 10.4. The van der Waals surface area contributed by atoms with E-state index in [1.54, 1.807) is 0 Å². The molecular formula is C7H15NO2. The molecule has 0 amide bonds. The smallest absolute Gasteiger partial charge is 0.304 e. The third-order valence-corrected chi connectivity index (χ3v) is 1.31. The molecule has 0 aliphatic rings. The van der Waals surface area contributed by atoms with Crippen LogP contribution in [-0.2, 0) is 4.79 Å². The maximum Gasteiger partial charge on any atom is 0.304 e. The predicted molar refractivity (Wildman–Crippen MR) is 40.0 cm³/mol. The molecule has 0 radical (unpaired) electrons. The van der Waals surface area contributed by atoms with Gasteiger partial charge in [-0.1, -0.05) is 6.92 Å². The zero-order valence-corrected chi connectivity index (χ0v) is 6.63. The molecule has 0 aliphatic heterocycles. The summed E-state index contributed by atoms with van der Waals surface area (Å²) in [4.78, 5) is 12.1. The van der Waals surface area contributed by atoms with Crippen molar-refractivity contribution in [2.24, 2.45) is 0 Å². The highest BCUT2D eigenvalue weighted by Gasteiger charge is 1.99. The molecule has 0 aromatic rings. The highest BCUT2D eigenvalue weighted by Crippen LogP contribution is 1.88. The number of nitrogens with zero attached hydrogens (tertiary/aromatic N) is 1. The van der Waals surface area contributed by atoms with E-state index < -0.39 is 5.97 Å². The first-order valence-electron chi connectivity index (χ1n) is 3.57. The summed E-state index contributed by atoms with van der Waals surface area (Å²) >= 11 is 0. The summed E-state index contributed by atoms with van der Waals surface area (Å²) in [6.45, 7) is 3.72. The van der Waals surface area contributed by atoms with Gasteiger partial charge in [0.2, 0.25) is 0 Å². The first-order valence-corrected chi connectivity index (χ1v) is 3.57. The number of hydrogen-bond acceptors (Lipinski definition) is 2. The lowest BCUT2D eigenvalue weighted by molar-refractivity contribution is -0.137. The Hall–Kier alpha value is -0.570. The van der Waals surface area contributed by atoms with E-state index in [9.17, 15) is 4.79 Å². The van der Waals surface area contributed by atoms with Crippen molar-refractivity contribution < 1.29 is 9.90 Å². The molecule has 0 unspecified atom stereocenters. The first-order chi connectivity index (χ1) is 4.66. The van der Waals surface area contributed by atoms with Crippen molar-refractivity contribution in [1.82, 2.24) is 4.90 Å². The number of hydrogen-bond donors (Lipinski definition) is 1. The summed E-state index contributed by atoms with van der Waals surface area (Å²) in [5.74, 6) is -0.719. The minimum atomic E-state index is -0.719. The second-order valence-corrected chi connectivity index (χ2v) is 2.45. The van der Waals surface area contributed by atoms with Crippen molar-refractivity contribution in [2.75, 3.05) is 20.1 Å². The van der Waals surface area contributed by atoms with Gasteiger partial charge in [0, 0.05) is 6.54 Å². The van der Waals surface area contributed by atoms with Crippen LogP contribution in [0.5, 0.6) is 0 Å². The average molecular weight is 145 g/mol. The van der Waals surface area contributed by atoms with Crippen molar-refractivity contribution in [3.05, 3.63) is 0 Å². The maximum absolute atomic E-state index is 10.1. The van der Waals surface area contributed by atoms with Gasteiger partial charge in [0.05, 0.1) is 6.42 Å². The molecule has 0 spiro atoms. The van der Waals surface area contributed by atoms with E-state index >= 15 is 0 Å². The molecule has 10 heavy (non-hydrogen) atoms. The van der Waals surface area contributed by atoms with Gasteiger partial charge in [-0.15, -0.1) is 0 Å². The van der Waals surface area contributed by atoms with Crippen LogP contribution in [0, 0.1) is 0 Å². The van der Waals surface area contributed by atoms with Crippen molar-refractivity contribution in [3.8, 4) is 0 Å². The van der Waals surface area contributed by atoms with Crippen LogP contribution in [-0.4, -0.2) is 36.1 Å². The first kappa shape index (κ1) is 9.43. The fourth-order valence-electron chi connectivity index (χ4n) is 0.780. The molecule has 0 aliphatic carbocycles. The van der Waals surface area contributed by atoms with E-state index in [4.69, 9.17) is 5.11 Å². The molecule has 0 bridgehead atoms. The molecule has 0 heterocycles. The molecule has 3 heteroatoms. The van der Waals surface area contributed by atoms with E-state index in [0.29, 0.717) is 6.54 Å². The van der Waals surface area contributed by atoms with Crippen LogP contribution in [0.25, 0.3) is 0 Å². The van der Waals surface area contributed by atoms with E-state index in [2.05, 4.69) is 6.92 Å². The summed E-state index contributed by atoms with van der Waals surface area (Å²) in [7, 11) is 1.94. The van der Waals surface area contributed by atoms with Gasteiger partial charge in [0.25, 0.3) is 0 Å². The molecular weight excluding hydrogens is 130 g/mol. The Balaban J connectivity index is 3.21. The Kier molecular flexibility index (Phi) is 4.94. The van der Waals surface area contributed by atoms with Gasteiger partial charge in [-0.2, -0.15) is 0 Å². The molecule has 0 aromatic heterocycles. The van der Waals surface area contributed by atoms with Crippen LogP contribution < -0.4 is 0 Å². The van der Waals surface area contributed by atoms with Crippen LogP contribution in [0.15, 0.2) is 0 Å². The molecule has 0 saturated heterocycles. The Labute approximate surface area is 61.6 Å². The van der Waals surface area contributed by atoms with E-state index in [0.717, 1.165) is 13.0 Å². The molecule has 0 aromatic carbocycles. The number of carboxylic acids is 1. The SMILES string of the molecule is CCCN(C)CCC(=O)O. The fraction of sp³-hybridized carbons (Fsp3) is 0.857. The average Bonchev–Trinajstić information content (AvgIpc) is 1.85. The van der Waals surface area contributed by atoms with Crippen LogP contribution in [0.4, 0.5) is 0 Å². The van der Waals surface area contributed by atoms with Gasteiger partial charge in [-0.25, -0.2) is 0 Å². The van der Waals surface area contributed by atoms with E-state index in [1.165, 1.54) is 0 Å². The van der Waals surface area contributed by atoms with Crippen molar-refractivity contribution in [2.45, 2.75) is 19.8 Å². The predicted octanol–water partition coefficient (Wildman–Crippen LogP) is 0.803. The summed E-state index contributed by atoms with van der Waals surface area (Å²) in [6.07, 6.45) is 1.33. The highest BCUT2D eigenvalue weighted by molar-refractivity contribution is 5.66. The highest BCUT2D eigenvalue weighted by atomic mass is 16.4. The second-order valence-electron chi connectivity index (χ2n) is 2.45. The summed E-state index contributed by atoms with van der Waals surface area (Å²) in [5, 5.41) is 8.30. The summed E-state index contributed by atoms with van der Waals surface area (Å²) in [5.41, 5.74) is 0. The Bertz CT molecular complexity index is 104. The van der Waals surface area contributed by atoms with Crippen molar-refractivity contribution in [1.29, 1.82) is 0 Å². The standard InChI is InChI=1S/C7H15NO2/c1-3-5-8(2)6-4-7(9)10/h3-6H2,1-2H3,(H,9,10). The third kappa shape index (κ3) is 5.56. The van der Waals surface area contributed by atoms with Gasteiger partial charge < -0.3 is 10.0 Å². The molecule has 0 rings (SSSR count). The zero-order chi connectivity index (χ0) is 7.98. The van der Waals surface area contributed by atoms with Gasteiger partial charge in [0.1, 0.15) is 0 Å². The Morgan fingerprint density at radius 3 is 2.50 bits per heavy atom. The monoisotopic (exact) mass is 145 g/mol. The lowest BCUT2D eigenvalue weighted by Gasteiger charge is -2.12. The summed E-state index contributed by atoms with van der Waals surface area (Å²) < 4.78 is 0. The third-order valence-electron chi connectivity index (χ3n) is 1.31. The minimum absolute atomic E-state index is 0.247. The van der Waals surface area contributed by atoms with Gasteiger partial charge >= 0.3 is 5.97 Å². The largest absolute Gasteiger partial charge is 0.481 e. The summed E-state index contributed by atoms with van der Waals surface area (Å²) in [6, 6.07) is 0. The zero-order valence-electron chi connectivity index (χ0n) is 6.63. The maximum atomic E-state index is 10.1. The van der Waals surface area contributed by atoms with Crippen molar-refractivity contribution in [3.63, 3.8) is 0 Å². The minimum Gasteiger partial charge on any atom is -0.481 e. The topological polar surface area (TPSA) is 40.5 Å². The van der Waals surface area contributed by atoms with E-state index in [1.807, 2.05) is 11.9 Å². The number of rotatable bonds is 5. The number of aliphatic carboxylic acids is 1. The quantitative estimate of drug-likeness (QED) is 0.622. The molecule has 1 N–H and O–H groups in total. The lowest BCUT2D eigenvalue weighted by Crippen LogP contribution is -2.22. The second kappa shape index (κ2) is 5.23. The normalized spacial score (nSPS) is 10.3. The molecule has 60 valence electrons. The molecule has 0 atom stereocenters. The fourth-order valence-corrected chi connectivity index (χ4v) is 0.780. The number of carbonyl (C=O) groups is 1. The van der Waals surface area contributed by atoms with Crippen LogP contribution in [0.1, 0.15) is 19.8 Å². The Morgan fingerprint density at radius 1 is 1.50 bits per heavy atom. The molecule has 0 saturated carbocycles.